The SMILES string of the molecule is C[C@H](c1ccccc1)N1CC(COC2CCC2)CC1=O. The fraction of sp³-hybridized carbons (Fsp3) is 0.588. The van der Waals surface area contributed by atoms with Gasteiger partial charge in [-0.25, -0.2) is 0 Å². The number of carbonyl (C=O) groups excluding carboxylic acids is 1. The van der Waals surface area contributed by atoms with E-state index in [4.69, 9.17) is 4.74 Å². The molecule has 108 valence electrons. The lowest BCUT2D eigenvalue weighted by atomic mass is 9.96. The molecule has 1 aliphatic heterocycles. The van der Waals surface area contributed by atoms with Gasteiger partial charge in [0.05, 0.1) is 18.8 Å². The molecule has 20 heavy (non-hydrogen) atoms. The second kappa shape index (κ2) is 5.96. The molecule has 3 nitrogen and oxygen atoms in total. The van der Waals surface area contributed by atoms with Gasteiger partial charge < -0.3 is 9.64 Å². The summed E-state index contributed by atoms with van der Waals surface area (Å²) in [6.45, 7) is 3.69. The number of nitrogens with zero attached hydrogens (tertiary/aromatic N) is 1. The monoisotopic (exact) mass is 273 g/mol. The van der Waals surface area contributed by atoms with Gasteiger partial charge >= 0.3 is 0 Å². The van der Waals surface area contributed by atoms with Crippen LogP contribution in [0.4, 0.5) is 0 Å². The summed E-state index contributed by atoms with van der Waals surface area (Å²) in [6, 6.07) is 10.4. The largest absolute Gasteiger partial charge is 0.378 e. The highest BCUT2D eigenvalue weighted by Gasteiger charge is 2.33. The predicted octanol–water partition coefficient (Wildman–Crippen LogP) is 3.17. The fourth-order valence-electron chi connectivity index (χ4n) is 3.02. The normalized spacial score (nSPS) is 24.8. The molecule has 1 saturated heterocycles. The van der Waals surface area contributed by atoms with Crippen LogP contribution in [-0.2, 0) is 9.53 Å². The summed E-state index contributed by atoms with van der Waals surface area (Å²) in [5.41, 5.74) is 1.21. The predicted molar refractivity (Wildman–Crippen MR) is 78.3 cm³/mol. The molecule has 3 rings (SSSR count). The highest BCUT2D eigenvalue weighted by molar-refractivity contribution is 5.79. The van der Waals surface area contributed by atoms with Crippen LogP contribution < -0.4 is 0 Å². The van der Waals surface area contributed by atoms with Crippen molar-refractivity contribution in [2.24, 2.45) is 5.92 Å². The Morgan fingerprint density at radius 3 is 2.70 bits per heavy atom. The minimum Gasteiger partial charge on any atom is -0.378 e. The van der Waals surface area contributed by atoms with E-state index in [1.165, 1.54) is 24.8 Å². The maximum Gasteiger partial charge on any atom is 0.223 e. The number of likely N-dealkylation sites (tertiary alicyclic amines) is 1. The molecule has 1 unspecified atom stereocenters. The summed E-state index contributed by atoms with van der Waals surface area (Å²) in [6.07, 6.45) is 4.80. The Balaban J connectivity index is 1.56. The molecular weight excluding hydrogens is 250 g/mol. The van der Waals surface area contributed by atoms with Crippen LogP contribution >= 0.6 is 0 Å². The van der Waals surface area contributed by atoms with Crippen molar-refractivity contribution >= 4 is 5.91 Å². The molecule has 1 aliphatic carbocycles. The summed E-state index contributed by atoms with van der Waals surface area (Å²) >= 11 is 0. The molecule has 1 aromatic rings. The first-order valence-electron chi connectivity index (χ1n) is 7.70. The van der Waals surface area contributed by atoms with Gasteiger partial charge in [0.25, 0.3) is 0 Å². The van der Waals surface area contributed by atoms with E-state index in [1.54, 1.807) is 0 Å². The van der Waals surface area contributed by atoms with Crippen LogP contribution in [0.25, 0.3) is 0 Å². The standard InChI is InChI=1S/C17H23NO2/c1-13(15-6-3-2-4-7-15)18-11-14(10-17(18)19)12-20-16-8-5-9-16/h2-4,6-7,13-14,16H,5,8-12H2,1H3/t13-,14?/m1/s1. The van der Waals surface area contributed by atoms with Crippen molar-refractivity contribution in [2.45, 2.75) is 44.8 Å². The van der Waals surface area contributed by atoms with Crippen molar-refractivity contribution in [2.75, 3.05) is 13.2 Å². The van der Waals surface area contributed by atoms with Crippen LogP contribution in [0.1, 0.15) is 44.2 Å². The number of carbonyl (C=O) groups is 1. The van der Waals surface area contributed by atoms with Gasteiger partial charge in [0, 0.05) is 18.9 Å². The zero-order valence-electron chi connectivity index (χ0n) is 12.1. The molecule has 0 radical (unpaired) electrons. The molecule has 0 spiro atoms. The minimum absolute atomic E-state index is 0.164. The Morgan fingerprint density at radius 1 is 1.30 bits per heavy atom. The number of benzene rings is 1. The smallest absolute Gasteiger partial charge is 0.223 e. The molecule has 1 aromatic carbocycles. The van der Waals surface area contributed by atoms with Crippen molar-refractivity contribution in [3.05, 3.63) is 35.9 Å². The Labute approximate surface area is 120 Å². The number of hydrogen-bond acceptors (Lipinski definition) is 2. The molecule has 2 aliphatic rings. The van der Waals surface area contributed by atoms with E-state index in [2.05, 4.69) is 19.1 Å². The summed E-state index contributed by atoms with van der Waals surface area (Å²) in [7, 11) is 0. The van der Waals surface area contributed by atoms with Gasteiger partial charge in [-0.15, -0.1) is 0 Å². The van der Waals surface area contributed by atoms with Gasteiger partial charge in [-0.1, -0.05) is 30.3 Å². The van der Waals surface area contributed by atoms with Crippen molar-refractivity contribution < 1.29 is 9.53 Å². The molecule has 0 bridgehead atoms. The van der Waals surface area contributed by atoms with Crippen molar-refractivity contribution in [3.8, 4) is 0 Å². The van der Waals surface area contributed by atoms with Gasteiger partial charge in [-0.05, 0) is 31.7 Å². The van der Waals surface area contributed by atoms with Gasteiger partial charge in [0.1, 0.15) is 0 Å². The third-order valence-electron chi connectivity index (χ3n) is 4.61. The average Bonchev–Trinajstić information content (AvgIpc) is 2.78. The molecule has 1 heterocycles. The lowest BCUT2D eigenvalue weighted by Crippen LogP contribution is -2.29. The Bertz CT molecular complexity index is 455. The van der Waals surface area contributed by atoms with E-state index in [1.807, 2.05) is 23.1 Å². The van der Waals surface area contributed by atoms with E-state index in [0.717, 1.165) is 13.2 Å². The van der Waals surface area contributed by atoms with Crippen molar-refractivity contribution in [1.82, 2.24) is 4.90 Å². The highest BCUT2D eigenvalue weighted by Crippen LogP contribution is 2.30. The van der Waals surface area contributed by atoms with E-state index >= 15 is 0 Å². The van der Waals surface area contributed by atoms with Crippen molar-refractivity contribution in [3.63, 3.8) is 0 Å². The summed E-state index contributed by atoms with van der Waals surface area (Å²) in [5, 5.41) is 0. The molecular formula is C17H23NO2. The maximum atomic E-state index is 12.2. The zero-order valence-corrected chi connectivity index (χ0v) is 12.1. The number of rotatable bonds is 5. The van der Waals surface area contributed by atoms with Crippen LogP contribution in [-0.4, -0.2) is 30.1 Å². The van der Waals surface area contributed by atoms with Gasteiger partial charge in [0.2, 0.25) is 5.91 Å². The Morgan fingerprint density at radius 2 is 2.05 bits per heavy atom. The quantitative estimate of drug-likeness (QED) is 0.824. The molecule has 3 heteroatoms. The van der Waals surface area contributed by atoms with E-state index in [9.17, 15) is 4.79 Å². The molecule has 1 saturated carbocycles. The Kier molecular flexibility index (Phi) is 4.06. The van der Waals surface area contributed by atoms with Crippen LogP contribution in [0.3, 0.4) is 0 Å². The fourth-order valence-corrected chi connectivity index (χ4v) is 3.02. The van der Waals surface area contributed by atoms with Gasteiger partial charge in [0.15, 0.2) is 0 Å². The molecule has 0 aromatic heterocycles. The third kappa shape index (κ3) is 2.88. The molecule has 1 amide bonds. The van der Waals surface area contributed by atoms with Gasteiger partial charge in [-0.3, -0.25) is 4.79 Å². The van der Waals surface area contributed by atoms with Crippen LogP contribution in [0.5, 0.6) is 0 Å². The first-order chi connectivity index (χ1) is 9.74. The summed E-state index contributed by atoms with van der Waals surface area (Å²) in [5.74, 6) is 0.637. The van der Waals surface area contributed by atoms with E-state index < -0.39 is 0 Å². The number of hydrogen-bond donors (Lipinski definition) is 0. The number of ether oxygens (including phenoxy) is 1. The number of amides is 1. The first kappa shape index (κ1) is 13.6. The van der Waals surface area contributed by atoms with Crippen LogP contribution in [0, 0.1) is 5.92 Å². The van der Waals surface area contributed by atoms with E-state index in [0.29, 0.717) is 18.4 Å². The Hall–Kier alpha value is -1.35. The highest BCUT2D eigenvalue weighted by atomic mass is 16.5. The third-order valence-corrected chi connectivity index (χ3v) is 4.61. The molecule has 0 N–H and O–H groups in total. The second-order valence-corrected chi connectivity index (χ2v) is 6.09. The lowest BCUT2D eigenvalue weighted by Gasteiger charge is -2.28. The second-order valence-electron chi connectivity index (χ2n) is 6.09. The maximum absolute atomic E-state index is 12.2. The lowest BCUT2D eigenvalue weighted by molar-refractivity contribution is -0.129. The van der Waals surface area contributed by atoms with E-state index in [-0.39, 0.29) is 11.9 Å². The van der Waals surface area contributed by atoms with Crippen LogP contribution in [0.2, 0.25) is 0 Å². The minimum atomic E-state index is 0.164. The van der Waals surface area contributed by atoms with Gasteiger partial charge in [-0.2, -0.15) is 0 Å². The molecule has 2 fully saturated rings. The topological polar surface area (TPSA) is 29.5 Å². The summed E-state index contributed by atoms with van der Waals surface area (Å²) in [4.78, 5) is 14.2. The van der Waals surface area contributed by atoms with Crippen LogP contribution in [0.15, 0.2) is 30.3 Å². The summed E-state index contributed by atoms with van der Waals surface area (Å²) < 4.78 is 5.87. The first-order valence-corrected chi connectivity index (χ1v) is 7.70. The molecule has 2 atom stereocenters. The van der Waals surface area contributed by atoms with Crippen molar-refractivity contribution in [1.29, 1.82) is 0 Å². The zero-order chi connectivity index (χ0) is 13.9. The average molecular weight is 273 g/mol.